The van der Waals surface area contributed by atoms with Gasteiger partial charge >= 0.3 is 0 Å². The zero-order chi connectivity index (χ0) is 18.3. The topological polar surface area (TPSA) is 46.9 Å². The molecule has 0 aliphatic carbocycles. The van der Waals surface area contributed by atoms with Crippen molar-refractivity contribution in [3.63, 3.8) is 0 Å². The first-order valence-electron chi connectivity index (χ1n) is 8.15. The van der Waals surface area contributed by atoms with E-state index in [1.54, 1.807) is 13.0 Å². The van der Waals surface area contributed by atoms with Gasteiger partial charge in [0.25, 0.3) is 5.91 Å². The van der Waals surface area contributed by atoms with Crippen LogP contribution in [0.15, 0.2) is 54.6 Å². The summed E-state index contributed by atoms with van der Waals surface area (Å²) < 4.78 is 15.1. The van der Waals surface area contributed by atoms with Crippen molar-refractivity contribution in [2.75, 3.05) is 5.32 Å². The second kappa shape index (κ2) is 6.38. The molecule has 0 aliphatic rings. The summed E-state index contributed by atoms with van der Waals surface area (Å²) in [5, 5.41) is 8.40. The first-order valence-corrected chi connectivity index (χ1v) is 8.96. The molecule has 0 radical (unpaired) electrons. The lowest BCUT2D eigenvalue weighted by molar-refractivity contribution is 0.103. The van der Waals surface area contributed by atoms with Crippen LogP contribution >= 0.6 is 11.3 Å². The van der Waals surface area contributed by atoms with Gasteiger partial charge in [-0.2, -0.15) is 5.10 Å². The highest BCUT2D eigenvalue weighted by atomic mass is 32.1. The number of nitrogens with zero attached hydrogens (tertiary/aromatic N) is 2. The van der Waals surface area contributed by atoms with E-state index < -0.39 is 0 Å². The second-order valence-corrected chi connectivity index (χ2v) is 7.11. The van der Waals surface area contributed by atoms with Crippen molar-refractivity contribution in [2.24, 2.45) is 0 Å². The number of nitrogens with one attached hydrogen (secondary N) is 1. The van der Waals surface area contributed by atoms with E-state index in [0.29, 0.717) is 16.1 Å². The smallest absolute Gasteiger partial charge is 0.265 e. The highest BCUT2D eigenvalue weighted by Crippen LogP contribution is 2.31. The zero-order valence-corrected chi connectivity index (χ0v) is 15.1. The predicted molar refractivity (Wildman–Crippen MR) is 103 cm³/mol. The molecule has 4 aromatic rings. The number of para-hydroxylation sites is 1. The summed E-state index contributed by atoms with van der Waals surface area (Å²) in [7, 11) is 0. The largest absolute Gasteiger partial charge is 0.321 e. The number of carbonyl (C=O) groups excluding carboxylic acids is 1. The van der Waals surface area contributed by atoms with Crippen LogP contribution in [0.2, 0.25) is 0 Å². The maximum atomic E-state index is 13.2. The van der Waals surface area contributed by atoms with Crippen LogP contribution in [0.4, 0.5) is 10.1 Å². The number of amides is 1. The molecule has 4 nitrogen and oxygen atoms in total. The van der Waals surface area contributed by atoms with Crippen LogP contribution in [0.25, 0.3) is 15.9 Å². The second-order valence-electron chi connectivity index (χ2n) is 6.08. The lowest BCUT2D eigenvalue weighted by atomic mass is 10.2. The van der Waals surface area contributed by atoms with Gasteiger partial charge in [0.2, 0.25) is 0 Å². The van der Waals surface area contributed by atoms with Crippen molar-refractivity contribution < 1.29 is 9.18 Å². The Morgan fingerprint density at radius 2 is 1.88 bits per heavy atom. The highest BCUT2D eigenvalue weighted by Gasteiger charge is 2.17. The number of thiophene rings is 1. The maximum Gasteiger partial charge on any atom is 0.265 e. The van der Waals surface area contributed by atoms with Gasteiger partial charge in [-0.25, -0.2) is 9.07 Å². The molecule has 130 valence electrons. The Hall–Kier alpha value is -2.99. The standard InChI is InChI=1S/C20H16FN3OS/c1-12-10-14(21)8-9-17(12)22-19(25)18-11-16-13(2)23-24(20(16)26-18)15-6-4-3-5-7-15/h3-11H,1-2H3,(H,22,25). The molecule has 2 heterocycles. The molecule has 0 aliphatic heterocycles. The summed E-state index contributed by atoms with van der Waals surface area (Å²) in [5.74, 6) is -0.527. The summed E-state index contributed by atoms with van der Waals surface area (Å²) in [5.41, 5.74) is 3.12. The number of carbonyl (C=O) groups is 1. The molecule has 0 saturated carbocycles. The van der Waals surface area contributed by atoms with Gasteiger partial charge in [0.05, 0.1) is 16.3 Å². The SMILES string of the molecule is Cc1cc(F)ccc1NC(=O)c1cc2c(C)nn(-c3ccccc3)c2s1. The molecular formula is C20H16FN3OS. The van der Waals surface area contributed by atoms with Crippen LogP contribution in [0.1, 0.15) is 20.9 Å². The Morgan fingerprint density at radius 1 is 1.12 bits per heavy atom. The van der Waals surface area contributed by atoms with Gasteiger partial charge in [-0.1, -0.05) is 18.2 Å². The quantitative estimate of drug-likeness (QED) is 0.549. The summed E-state index contributed by atoms with van der Waals surface area (Å²) in [6.07, 6.45) is 0. The molecule has 2 aromatic carbocycles. The van der Waals surface area contributed by atoms with Crippen molar-refractivity contribution in [3.8, 4) is 5.69 Å². The van der Waals surface area contributed by atoms with Crippen molar-refractivity contribution in [1.29, 1.82) is 0 Å². The number of rotatable bonds is 3. The Kier molecular flexibility index (Phi) is 4.05. The fourth-order valence-corrected chi connectivity index (χ4v) is 3.93. The number of aryl methyl sites for hydroxylation is 2. The molecule has 4 rings (SSSR count). The predicted octanol–water partition coefficient (Wildman–Crippen LogP) is 5.10. The van der Waals surface area contributed by atoms with E-state index in [1.165, 1.54) is 23.5 Å². The van der Waals surface area contributed by atoms with E-state index in [2.05, 4.69) is 10.4 Å². The Balaban J connectivity index is 1.70. The molecule has 26 heavy (non-hydrogen) atoms. The minimum absolute atomic E-state index is 0.208. The third kappa shape index (κ3) is 2.88. The van der Waals surface area contributed by atoms with Crippen LogP contribution < -0.4 is 5.32 Å². The van der Waals surface area contributed by atoms with E-state index in [0.717, 1.165) is 21.6 Å². The first kappa shape index (κ1) is 16.5. The lowest BCUT2D eigenvalue weighted by Gasteiger charge is -2.07. The maximum absolute atomic E-state index is 13.2. The van der Waals surface area contributed by atoms with Gasteiger partial charge in [0, 0.05) is 11.1 Å². The number of hydrogen-bond donors (Lipinski definition) is 1. The van der Waals surface area contributed by atoms with Crippen LogP contribution in [-0.4, -0.2) is 15.7 Å². The van der Waals surface area contributed by atoms with E-state index in [-0.39, 0.29) is 11.7 Å². The molecule has 2 aromatic heterocycles. The normalized spacial score (nSPS) is 11.0. The molecule has 0 atom stereocenters. The third-order valence-corrected chi connectivity index (χ3v) is 5.32. The van der Waals surface area contributed by atoms with E-state index in [1.807, 2.05) is 48.0 Å². The minimum atomic E-state index is -0.319. The molecule has 6 heteroatoms. The summed E-state index contributed by atoms with van der Waals surface area (Å²) in [6, 6.07) is 16.0. The van der Waals surface area contributed by atoms with Crippen LogP contribution in [0, 0.1) is 19.7 Å². The van der Waals surface area contributed by atoms with Gasteiger partial charge in [0.1, 0.15) is 10.6 Å². The highest BCUT2D eigenvalue weighted by molar-refractivity contribution is 7.20. The molecule has 0 spiro atoms. The van der Waals surface area contributed by atoms with Gasteiger partial charge < -0.3 is 5.32 Å². The van der Waals surface area contributed by atoms with Crippen molar-refractivity contribution >= 4 is 33.1 Å². The summed E-state index contributed by atoms with van der Waals surface area (Å²) in [6.45, 7) is 3.70. The molecule has 1 amide bonds. The molecule has 0 fully saturated rings. The van der Waals surface area contributed by atoms with Crippen molar-refractivity contribution in [2.45, 2.75) is 13.8 Å². The molecule has 0 unspecified atom stereocenters. The number of fused-ring (bicyclic) bond motifs is 1. The van der Waals surface area contributed by atoms with Crippen LogP contribution in [0.3, 0.4) is 0 Å². The van der Waals surface area contributed by atoms with Gasteiger partial charge in [0.15, 0.2) is 0 Å². The van der Waals surface area contributed by atoms with E-state index >= 15 is 0 Å². The van der Waals surface area contributed by atoms with E-state index in [4.69, 9.17) is 0 Å². The fraction of sp³-hybridized carbons (Fsp3) is 0.100. The third-order valence-electron chi connectivity index (χ3n) is 4.21. The van der Waals surface area contributed by atoms with Gasteiger partial charge in [-0.05, 0) is 55.8 Å². The minimum Gasteiger partial charge on any atom is -0.321 e. The van der Waals surface area contributed by atoms with Crippen molar-refractivity contribution in [1.82, 2.24) is 9.78 Å². The van der Waals surface area contributed by atoms with Gasteiger partial charge in [-0.15, -0.1) is 11.3 Å². The summed E-state index contributed by atoms with van der Waals surface area (Å²) in [4.78, 5) is 14.2. The van der Waals surface area contributed by atoms with Gasteiger partial charge in [-0.3, -0.25) is 4.79 Å². The molecule has 1 N–H and O–H groups in total. The van der Waals surface area contributed by atoms with Crippen molar-refractivity contribution in [3.05, 3.63) is 76.5 Å². The molecule has 0 saturated heterocycles. The summed E-state index contributed by atoms with van der Waals surface area (Å²) >= 11 is 1.39. The fourth-order valence-electron chi connectivity index (χ4n) is 2.85. The monoisotopic (exact) mass is 365 g/mol. The Labute approximate surface area is 153 Å². The molecule has 0 bridgehead atoms. The number of halogens is 1. The van der Waals surface area contributed by atoms with Crippen LogP contribution in [-0.2, 0) is 0 Å². The number of hydrogen-bond acceptors (Lipinski definition) is 3. The number of aromatic nitrogens is 2. The Bertz CT molecular complexity index is 1120. The number of anilines is 1. The Morgan fingerprint density at radius 3 is 2.62 bits per heavy atom. The zero-order valence-electron chi connectivity index (χ0n) is 14.3. The van der Waals surface area contributed by atoms with Crippen LogP contribution in [0.5, 0.6) is 0 Å². The lowest BCUT2D eigenvalue weighted by Crippen LogP contribution is -2.11. The van der Waals surface area contributed by atoms with E-state index in [9.17, 15) is 9.18 Å². The first-order chi connectivity index (χ1) is 12.5. The average Bonchev–Trinajstić information content (AvgIpc) is 3.19. The molecular weight excluding hydrogens is 349 g/mol. The number of benzene rings is 2. The average molecular weight is 365 g/mol.